The van der Waals surface area contributed by atoms with Gasteiger partial charge in [-0.15, -0.1) is 6.42 Å². The Kier molecular flexibility index (Phi) is 3.90. The monoisotopic (exact) mass is 123 g/mol. The van der Waals surface area contributed by atoms with E-state index in [0.717, 1.165) is 0 Å². The molecule has 0 aromatic heterocycles. The number of hydrogen-bond donors (Lipinski definition) is 0. The minimum atomic E-state index is -0.529. The standard InChI is InChI=1S/C6H5NO2/c1-2-3-6(8)9-5-4-7/h1H,3,5H2. The molecule has 0 fully saturated rings. The van der Waals surface area contributed by atoms with E-state index in [2.05, 4.69) is 10.7 Å². The minimum Gasteiger partial charge on any atom is -0.450 e. The Morgan fingerprint density at radius 1 is 1.78 bits per heavy atom. The molecule has 0 bridgehead atoms. The van der Waals surface area contributed by atoms with Crippen LogP contribution in [0.3, 0.4) is 0 Å². The molecule has 0 unspecified atom stereocenters. The normalized spacial score (nSPS) is 6.89. The number of nitriles is 1. The van der Waals surface area contributed by atoms with Gasteiger partial charge in [-0.3, -0.25) is 4.79 Å². The van der Waals surface area contributed by atoms with Gasteiger partial charge in [-0.1, -0.05) is 5.92 Å². The number of esters is 1. The lowest BCUT2D eigenvalue weighted by atomic mass is 10.5. The maximum Gasteiger partial charge on any atom is 0.318 e. The highest BCUT2D eigenvalue weighted by atomic mass is 16.5. The van der Waals surface area contributed by atoms with Crippen LogP contribution in [0, 0.1) is 23.7 Å². The summed E-state index contributed by atoms with van der Waals surface area (Å²) in [5.41, 5.74) is 0. The van der Waals surface area contributed by atoms with Crippen LogP contribution in [0.2, 0.25) is 0 Å². The van der Waals surface area contributed by atoms with Gasteiger partial charge < -0.3 is 4.74 Å². The highest BCUT2D eigenvalue weighted by molar-refractivity contribution is 5.72. The van der Waals surface area contributed by atoms with Crippen molar-refractivity contribution in [3.63, 3.8) is 0 Å². The fraction of sp³-hybridized carbons (Fsp3) is 0.333. The van der Waals surface area contributed by atoms with Crippen LogP contribution in [0.25, 0.3) is 0 Å². The third kappa shape index (κ3) is 4.37. The number of carbonyl (C=O) groups excluding carboxylic acids is 1. The van der Waals surface area contributed by atoms with Crippen LogP contribution >= 0.6 is 0 Å². The van der Waals surface area contributed by atoms with Crippen LogP contribution in [-0.2, 0) is 9.53 Å². The van der Waals surface area contributed by atoms with Crippen molar-refractivity contribution in [1.29, 1.82) is 5.26 Å². The van der Waals surface area contributed by atoms with Gasteiger partial charge in [0.05, 0.1) is 0 Å². The van der Waals surface area contributed by atoms with Gasteiger partial charge in [-0.05, 0) is 0 Å². The van der Waals surface area contributed by atoms with Crippen LogP contribution in [0.4, 0.5) is 0 Å². The summed E-state index contributed by atoms with van der Waals surface area (Å²) in [7, 11) is 0. The Balaban J connectivity index is 3.33. The predicted octanol–water partition coefficient (Wildman–Crippen LogP) is 0.0765. The Bertz CT molecular complexity index is 172. The third-order valence-corrected chi connectivity index (χ3v) is 0.544. The van der Waals surface area contributed by atoms with Gasteiger partial charge >= 0.3 is 5.97 Å². The summed E-state index contributed by atoms with van der Waals surface area (Å²) in [6.07, 6.45) is 4.70. The van der Waals surface area contributed by atoms with Gasteiger partial charge in [0.25, 0.3) is 0 Å². The molecule has 3 heteroatoms. The van der Waals surface area contributed by atoms with E-state index in [9.17, 15) is 4.79 Å². The van der Waals surface area contributed by atoms with Crippen molar-refractivity contribution >= 4 is 5.97 Å². The first kappa shape index (κ1) is 7.52. The molecule has 0 aliphatic carbocycles. The van der Waals surface area contributed by atoms with Crippen molar-refractivity contribution in [1.82, 2.24) is 0 Å². The maximum atomic E-state index is 10.3. The van der Waals surface area contributed by atoms with Gasteiger partial charge in [-0.2, -0.15) is 5.26 Å². The number of terminal acetylenes is 1. The average Bonchev–Trinajstić information content (AvgIpc) is 1.85. The molecule has 0 amide bonds. The average molecular weight is 123 g/mol. The lowest BCUT2D eigenvalue weighted by molar-refractivity contribution is -0.140. The van der Waals surface area contributed by atoms with Gasteiger partial charge in [0.1, 0.15) is 12.5 Å². The van der Waals surface area contributed by atoms with Crippen LogP contribution < -0.4 is 0 Å². The van der Waals surface area contributed by atoms with Crippen molar-refractivity contribution in [3.8, 4) is 18.4 Å². The highest BCUT2D eigenvalue weighted by Gasteiger charge is 1.95. The van der Waals surface area contributed by atoms with E-state index in [0.29, 0.717) is 0 Å². The van der Waals surface area contributed by atoms with Crippen LogP contribution in [0.1, 0.15) is 6.42 Å². The molecule has 46 valence electrons. The lowest BCUT2D eigenvalue weighted by Gasteiger charge is -1.91. The second-order valence-corrected chi connectivity index (χ2v) is 1.20. The number of nitrogens with zero attached hydrogens (tertiary/aromatic N) is 1. The SMILES string of the molecule is C#CCC(=O)OCC#N. The molecule has 0 aromatic carbocycles. The van der Waals surface area contributed by atoms with Gasteiger partial charge in [-0.25, -0.2) is 0 Å². The van der Waals surface area contributed by atoms with E-state index < -0.39 is 5.97 Å². The van der Waals surface area contributed by atoms with Crippen LogP contribution in [0.15, 0.2) is 0 Å². The molecule has 0 aliphatic heterocycles. The van der Waals surface area contributed by atoms with Crippen molar-refractivity contribution in [2.24, 2.45) is 0 Å². The predicted molar refractivity (Wildman–Crippen MR) is 30.0 cm³/mol. The number of ether oxygens (including phenoxy) is 1. The summed E-state index contributed by atoms with van der Waals surface area (Å²) >= 11 is 0. The highest BCUT2D eigenvalue weighted by Crippen LogP contribution is 1.81. The Morgan fingerprint density at radius 2 is 2.44 bits per heavy atom. The molecule has 0 N–H and O–H groups in total. The number of carbonyl (C=O) groups is 1. The summed E-state index contributed by atoms with van der Waals surface area (Å²) < 4.78 is 4.29. The summed E-state index contributed by atoms with van der Waals surface area (Å²) in [6.45, 7) is -0.222. The first-order chi connectivity index (χ1) is 4.31. The van der Waals surface area contributed by atoms with Crippen molar-refractivity contribution in [3.05, 3.63) is 0 Å². The van der Waals surface area contributed by atoms with Gasteiger partial charge in [0.2, 0.25) is 0 Å². The van der Waals surface area contributed by atoms with Gasteiger partial charge in [0, 0.05) is 0 Å². The molecule has 0 saturated carbocycles. The fourth-order valence-electron chi connectivity index (χ4n) is 0.247. The van der Waals surface area contributed by atoms with Gasteiger partial charge in [0.15, 0.2) is 6.61 Å². The molecule has 9 heavy (non-hydrogen) atoms. The summed E-state index contributed by atoms with van der Waals surface area (Å²) in [5.74, 6) is 1.56. The smallest absolute Gasteiger partial charge is 0.318 e. The Hall–Kier alpha value is -1.48. The van der Waals surface area contributed by atoms with E-state index in [1.54, 1.807) is 6.07 Å². The molecule has 0 rings (SSSR count). The zero-order valence-corrected chi connectivity index (χ0v) is 4.76. The second kappa shape index (κ2) is 4.67. The van der Waals surface area contributed by atoms with Crippen molar-refractivity contribution in [2.75, 3.05) is 6.61 Å². The minimum absolute atomic E-state index is 0.0678. The lowest BCUT2D eigenvalue weighted by Crippen LogP contribution is -2.02. The van der Waals surface area contributed by atoms with Crippen molar-refractivity contribution < 1.29 is 9.53 Å². The molecule has 0 atom stereocenters. The van der Waals surface area contributed by atoms with Crippen LogP contribution in [-0.4, -0.2) is 12.6 Å². The quantitative estimate of drug-likeness (QED) is 0.386. The van der Waals surface area contributed by atoms with E-state index in [4.69, 9.17) is 11.7 Å². The van der Waals surface area contributed by atoms with E-state index in [1.165, 1.54) is 0 Å². The molecular weight excluding hydrogens is 118 g/mol. The third-order valence-electron chi connectivity index (χ3n) is 0.544. The number of hydrogen-bond acceptors (Lipinski definition) is 3. The molecule has 0 saturated heterocycles. The molecule has 0 aliphatic rings. The molecule has 0 spiro atoms. The largest absolute Gasteiger partial charge is 0.450 e. The maximum absolute atomic E-state index is 10.3. The molecule has 3 nitrogen and oxygen atoms in total. The Morgan fingerprint density at radius 3 is 2.89 bits per heavy atom. The number of rotatable bonds is 2. The summed E-state index contributed by atoms with van der Waals surface area (Å²) in [6, 6.07) is 1.65. The Labute approximate surface area is 53.2 Å². The first-order valence-corrected chi connectivity index (χ1v) is 2.27. The first-order valence-electron chi connectivity index (χ1n) is 2.27. The topological polar surface area (TPSA) is 50.1 Å². The summed E-state index contributed by atoms with van der Waals surface area (Å²) in [5, 5.41) is 7.90. The van der Waals surface area contributed by atoms with E-state index in [-0.39, 0.29) is 13.0 Å². The molecule has 0 aromatic rings. The molecular formula is C6H5NO2. The summed E-state index contributed by atoms with van der Waals surface area (Å²) in [4.78, 5) is 10.3. The van der Waals surface area contributed by atoms with Crippen molar-refractivity contribution in [2.45, 2.75) is 6.42 Å². The molecule has 0 heterocycles. The van der Waals surface area contributed by atoms with E-state index >= 15 is 0 Å². The zero-order chi connectivity index (χ0) is 7.11. The molecule has 0 radical (unpaired) electrons. The fourth-order valence-corrected chi connectivity index (χ4v) is 0.247. The zero-order valence-electron chi connectivity index (χ0n) is 4.76. The van der Waals surface area contributed by atoms with E-state index in [1.807, 2.05) is 0 Å². The second-order valence-electron chi connectivity index (χ2n) is 1.20. The van der Waals surface area contributed by atoms with Crippen LogP contribution in [0.5, 0.6) is 0 Å².